The van der Waals surface area contributed by atoms with Gasteiger partial charge in [0.15, 0.2) is 0 Å². The first-order valence-corrected chi connectivity index (χ1v) is 8.00. The first-order valence-electron chi connectivity index (χ1n) is 6.92. The number of nitrogens with one attached hydrogen (secondary N) is 1. The van der Waals surface area contributed by atoms with Gasteiger partial charge in [0.2, 0.25) is 0 Å². The average Bonchev–Trinajstić information content (AvgIpc) is 2.42. The van der Waals surface area contributed by atoms with Gasteiger partial charge in [0, 0.05) is 21.5 Å². The first-order chi connectivity index (χ1) is 9.63. The number of anilines is 2. The number of likely N-dealkylation sites (tertiary alicyclic amines) is 1. The van der Waals surface area contributed by atoms with Gasteiger partial charge in [0.05, 0.1) is 23.1 Å². The van der Waals surface area contributed by atoms with Crippen LogP contribution in [0, 0.1) is 3.57 Å². The molecule has 4 nitrogen and oxygen atoms in total. The highest BCUT2D eigenvalue weighted by atomic mass is 127. The highest BCUT2D eigenvalue weighted by molar-refractivity contribution is 14.1. The minimum absolute atomic E-state index is 0.458. The molecular weight excluding hydrogens is 363 g/mol. The molecule has 3 N–H and O–H groups in total. The van der Waals surface area contributed by atoms with E-state index in [1.165, 1.54) is 23.0 Å². The fraction of sp³-hybridized carbons (Fsp3) is 0.400. The zero-order valence-corrected chi connectivity index (χ0v) is 13.7. The molecule has 1 aromatic carbocycles. The Morgan fingerprint density at radius 3 is 3.10 bits per heavy atom. The van der Waals surface area contributed by atoms with Gasteiger partial charge in [-0.25, -0.2) is 0 Å². The van der Waals surface area contributed by atoms with E-state index in [1.807, 2.05) is 0 Å². The Labute approximate surface area is 132 Å². The lowest BCUT2D eigenvalue weighted by atomic mass is 10.0. The molecule has 1 fully saturated rings. The van der Waals surface area contributed by atoms with E-state index in [-0.39, 0.29) is 0 Å². The van der Waals surface area contributed by atoms with Crippen molar-refractivity contribution in [1.29, 1.82) is 0 Å². The quantitative estimate of drug-likeness (QED) is 0.785. The molecule has 0 aliphatic carbocycles. The van der Waals surface area contributed by atoms with E-state index >= 15 is 0 Å². The van der Waals surface area contributed by atoms with Crippen LogP contribution < -0.4 is 11.1 Å². The Hall–Kier alpha value is -1.08. The van der Waals surface area contributed by atoms with E-state index in [2.05, 4.69) is 63.0 Å². The van der Waals surface area contributed by atoms with E-state index in [0.717, 1.165) is 28.8 Å². The summed E-state index contributed by atoms with van der Waals surface area (Å²) in [6, 6.07) is 6.73. The van der Waals surface area contributed by atoms with E-state index in [0.29, 0.717) is 6.04 Å². The predicted molar refractivity (Wildman–Crippen MR) is 93.0 cm³/mol. The molecule has 1 saturated heterocycles. The van der Waals surface area contributed by atoms with Gasteiger partial charge in [-0.3, -0.25) is 4.98 Å². The maximum absolute atomic E-state index is 6.15. The summed E-state index contributed by atoms with van der Waals surface area (Å²) in [5.41, 5.74) is 8.90. The van der Waals surface area contributed by atoms with Crippen molar-refractivity contribution in [3.8, 4) is 0 Å². The summed E-state index contributed by atoms with van der Waals surface area (Å²) in [4.78, 5) is 6.78. The van der Waals surface area contributed by atoms with Crippen LogP contribution in [0.5, 0.6) is 0 Å². The van der Waals surface area contributed by atoms with Gasteiger partial charge in [-0.15, -0.1) is 0 Å². The molecule has 0 radical (unpaired) electrons. The van der Waals surface area contributed by atoms with Crippen molar-refractivity contribution in [3.63, 3.8) is 0 Å². The molecule has 106 valence electrons. The summed E-state index contributed by atoms with van der Waals surface area (Å²) in [6.45, 7) is 2.25. The Morgan fingerprint density at radius 1 is 1.45 bits per heavy atom. The van der Waals surface area contributed by atoms with E-state index in [4.69, 9.17) is 5.73 Å². The molecular formula is C15H19IN4. The van der Waals surface area contributed by atoms with Gasteiger partial charge in [0.1, 0.15) is 0 Å². The highest BCUT2D eigenvalue weighted by Crippen LogP contribution is 2.30. The standard InChI is InChI=1S/C15H19IN4/c1-20-6-2-3-11(9-20)19-15-12-7-10(16)4-5-14(12)18-8-13(15)17/h4-5,7-8,11H,2-3,6,9,17H2,1H3,(H,18,19)/t11-/m1/s1. The Kier molecular flexibility index (Phi) is 3.98. The van der Waals surface area contributed by atoms with Gasteiger partial charge in [-0.2, -0.15) is 0 Å². The fourth-order valence-electron chi connectivity index (χ4n) is 2.83. The normalized spacial score (nSPS) is 20.2. The van der Waals surface area contributed by atoms with Crippen LogP contribution in [-0.2, 0) is 0 Å². The van der Waals surface area contributed by atoms with Crippen LogP contribution in [0.3, 0.4) is 0 Å². The SMILES string of the molecule is CN1CCC[C@@H](Nc2c(N)cnc3ccc(I)cc23)C1. The summed E-state index contributed by atoms with van der Waals surface area (Å²) in [7, 11) is 2.17. The lowest BCUT2D eigenvalue weighted by Crippen LogP contribution is -2.39. The molecule has 0 spiro atoms. The van der Waals surface area contributed by atoms with Gasteiger partial charge in [-0.05, 0) is 67.2 Å². The number of halogens is 1. The number of benzene rings is 1. The van der Waals surface area contributed by atoms with Crippen LogP contribution in [-0.4, -0.2) is 36.1 Å². The maximum Gasteiger partial charge on any atom is 0.0743 e. The zero-order valence-electron chi connectivity index (χ0n) is 11.6. The average molecular weight is 382 g/mol. The number of nitrogen functional groups attached to an aromatic ring is 1. The van der Waals surface area contributed by atoms with Crippen LogP contribution in [0.25, 0.3) is 10.9 Å². The molecule has 0 amide bonds. The van der Waals surface area contributed by atoms with Crippen molar-refractivity contribution in [2.24, 2.45) is 0 Å². The number of fused-ring (bicyclic) bond motifs is 1. The first kappa shape index (κ1) is 13.9. The van der Waals surface area contributed by atoms with Crippen molar-refractivity contribution in [2.75, 3.05) is 31.2 Å². The summed E-state index contributed by atoms with van der Waals surface area (Å²) in [5.74, 6) is 0. The molecule has 1 atom stereocenters. The van der Waals surface area contributed by atoms with Gasteiger partial charge < -0.3 is 16.0 Å². The highest BCUT2D eigenvalue weighted by Gasteiger charge is 2.18. The van der Waals surface area contributed by atoms with Gasteiger partial charge in [-0.1, -0.05) is 0 Å². The van der Waals surface area contributed by atoms with Crippen LogP contribution in [0.1, 0.15) is 12.8 Å². The van der Waals surface area contributed by atoms with E-state index in [1.54, 1.807) is 6.20 Å². The zero-order chi connectivity index (χ0) is 14.1. The van der Waals surface area contributed by atoms with Crippen molar-refractivity contribution in [1.82, 2.24) is 9.88 Å². The van der Waals surface area contributed by atoms with E-state index < -0.39 is 0 Å². The number of rotatable bonds is 2. The second kappa shape index (κ2) is 5.73. The third kappa shape index (κ3) is 2.83. The van der Waals surface area contributed by atoms with Crippen molar-refractivity contribution in [2.45, 2.75) is 18.9 Å². The molecule has 1 aromatic heterocycles. The summed E-state index contributed by atoms with van der Waals surface area (Å²) >= 11 is 2.33. The number of hydrogen-bond acceptors (Lipinski definition) is 4. The Morgan fingerprint density at radius 2 is 2.30 bits per heavy atom. The second-order valence-electron chi connectivity index (χ2n) is 5.50. The number of pyridine rings is 1. The minimum atomic E-state index is 0.458. The maximum atomic E-state index is 6.15. The van der Waals surface area contributed by atoms with Crippen molar-refractivity contribution in [3.05, 3.63) is 28.0 Å². The topological polar surface area (TPSA) is 54.2 Å². The van der Waals surface area contributed by atoms with Crippen LogP contribution in [0.2, 0.25) is 0 Å². The molecule has 1 aliphatic rings. The summed E-state index contributed by atoms with van der Waals surface area (Å²) < 4.78 is 1.20. The monoisotopic (exact) mass is 382 g/mol. The molecule has 0 bridgehead atoms. The van der Waals surface area contributed by atoms with Crippen LogP contribution in [0.15, 0.2) is 24.4 Å². The lowest BCUT2D eigenvalue weighted by molar-refractivity contribution is 0.261. The lowest BCUT2D eigenvalue weighted by Gasteiger charge is -2.31. The molecule has 5 heteroatoms. The van der Waals surface area contributed by atoms with Crippen molar-refractivity contribution >= 4 is 44.9 Å². The third-order valence-electron chi connectivity index (χ3n) is 3.83. The Balaban J connectivity index is 1.97. The smallest absolute Gasteiger partial charge is 0.0743 e. The number of likely N-dealkylation sites (N-methyl/N-ethyl adjacent to an activating group) is 1. The summed E-state index contributed by atoms with van der Waals surface area (Å²) in [5, 5.41) is 4.76. The molecule has 2 heterocycles. The Bertz CT molecular complexity index is 623. The number of piperidine rings is 1. The number of aromatic nitrogens is 1. The molecule has 3 rings (SSSR count). The number of nitrogens with two attached hydrogens (primary N) is 1. The third-order valence-corrected chi connectivity index (χ3v) is 4.50. The number of hydrogen-bond donors (Lipinski definition) is 2. The van der Waals surface area contributed by atoms with Gasteiger partial charge in [0.25, 0.3) is 0 Å². The molecule has 1 aliphatic heterocycles. The molecule has 2 aromatic rings. The predicted octanol–water partition coefficient (Wildman–Crippen LogP) is 2.93. The second-order valence-corrected chi connectivity index (χ2v) is 6.74. The molecule has 0 unspecified atom stereocenters. The van der Waals surface area contributed by atoms with Crippen molar-refractivity contribution < 1.29 is 0 Å². The fourth-order valence-corrected chi connectivity index (χ4v) is 3.32. The summed E-state index contributed by atoms with van der Waals surface area (Å²) in [6.07, 6.45) is 4.18. The van der Waals surface area contributed by atoms with Crippen LogP contribution >= 0.6 is 22.6 Å². The number of nitrogens with zero attached hydrogens (tertiary/aromatic N) is 2. The largest absolute Gasteiger partial charge is 0.396 e. The van der Waals surface area contributed by atoms with E-state index in [9.17, 15) is 0 Å². The van der Waals surface area contributed by atoms with Gasteiger partial charge >= 0.3 is 0 Å². The molecule has 0 saturated carbocycles. The molecule has 20 heavy (non-hydrogen) atoms. The minimum Gasteiger partial charge on any atom is -0.396 e. The van der Waals surface area contributed by atoms with Crippen LogP contribution in [0.4, 0.5) is 11.4 Å².